The SMILES string of the molecule is COc1cccc(CNC(CCC(C)(C)C)C(=O)O)c1F.Cl. The highest BCUT2D eigenvalue weighted by atomic mass is 35.5. The van der Waals surface area contributed by atoms with Crippen molar-refractivity contribution in [2.45, 2.75) is 46.2 Å². The van der Waals surface area contributed by atoms with Crippen LogP contribution in [-0.4, -0.2) is 24.2 Å². The molecule has 1 unspecified atom stereocenters. The third kappa shape index (κ3) is 6.62. The second-order valence-electron chi connectivity index (χ2n) is 6.30. The van der Waals surface area contributed by atoms with Gasteiger partial charge in [-0.1, -0.05) is 32.9 Å². The number of nitrogens with one attached hydrogen (secondary N) is 1. The molecule has 1 aromatic rings. The van der Waals surface area contributed by atoms with Gasteiger partial charge in [0.15, 0.2) is 11.6 Å². The van der Waals surface area contributed by atoms with Gasteiger partial charge in [-0.3, -0.25) is 4.79 Å². The first-order chi connectivity index (χ1) is 9.74. The third-order valence-electron chi connectivity index (χ3n) is 3.28. The fourth-order valence-corrected chi connectivity index (χ4v) is 1.97. The predicted octanol–water partition coefficient (Wildman–Crippen LogP) is 3.63. The number of rotatable bonds is 7. The molecule has 0 aliphatic rings. The number of carboxylic acids is 1. The fraction of sp³-hybridized carbons (Fsp3) is 0.562. The van der Waals surface area contributed by atoms with E-state index in [1.54, 1.807) is 12.1 Å². The Kier molecular flexibility index (Phi) is 8.41. The Morgan fingerprint density at radius 2 is 2.05 bits per heavy atom. The summed E-state index contributed by atoms with van der Waals surface area (Å²) in [5.41, 5.74) is 0.465. The molecule has 126 valence electrons. The Labute approximate surface area is 137 Å². The summed E-state index contributed by atoms with van der Waals surface area (Å²) in [6, 6.07) is 4.15. The first-order valence-electron chi connectivity index (χ1n) is 7.02. The summed E-state index contributed by atoms with van der Waals surface area (Å²) in [5, 5.41) is 12.1. The lowest BCUT2D eigenvalue weighted by atomic mass is 9.88. The largest absolute Gasteiger partial charge is 0.494 e. The van der Waals surface area contributed by atoms with E-state index in [0.29, 0.717) is 12.0 Å². The van der Waals surface area contributed by atoms with Gasteiger partial charge in [-0.15, -0.1) is 12.4 Å². The van der Waals surface area contributed by atoms with Crippen molar-refractivity contribution in [3.8, 4) is 5.75 Å². The van der Waals surface area contributed by atoms with Crippen LogP contribution in [0.3, 0.4) is 0 Å². The Hall–Kier alpha value is -1.33. The maximum Gasteiger partial charge on any atom is 0.320 e. The van der Waals surface area contributed by atoms with E-state index in [1.165, 1.54) is 13.2 Å². The molecular weight excluding hydrogens is 309 g/mol. The summed E-state index contributed by atoms with van der Waals surface area (Å²) >= 11 is 0. The molecule has 1 rings (SSSR count). The first-order valence-corrected chi connectivity index (χ1v) is 7.02. The van der Waals surface area contributed by atoms with Crippen LogP contribution in [0.5, 0.6) is 5.75 Å². The molecule has 0 bridgehead atoms. The zero-order valence-electron chi connectivity index (χ0n) is 13.5. The molecule has 0 fully saturated rings. The predicted molar refractivity (Wildman–Crippen MR) is 87.2 cm³/mol. The molecule has 1 aromatic carbocycles. The highest BCUT2D eigenvalue weighted by molar-refractivity contribution is 5.85. The lowest BCUT2D eigenvalue weighted by molar-refractivity contribution is -0.139. The molecule has 4 nitrogen and oxygen atoms in total. The average molecular weight is 334 g/mol. The topological polar surface area (TPSA) is 58.6 Å². The Balaban J connectivity index is 0.00000441. The molecule has 0 saturated carbocycles. The summed E-state index contributed by atoms with van der Waals surface area (Å²) in [7, 11) is 1.40. The van der Waals surface area contributed by atoms with Crippen LogP contribution in [0.25, 0.3) is 0 Å². The van der Waals surface area contributed by atoms with Crippen molar-refractivity contribution >= 4 is 18.4 Å². The van der Waals surface area contributed by atoms with Gasteiger partial charge in [-0.25, -0.2) is 4.39 Å². The number of benzene rings is 1. The normalized spacial score (nSPS) is 12.4. The number of methoxy groups -OCH3 is 1. The van der Waals surface area contributed by atoms with Crippen molar-refractivity contribution in [2.24, 2.45) is 5.41 Å². The number of carboxylic acid groups (broad SMARTS) is 1. The molecule has 0 aliphatic carbocycles. The summed E-state index contributed by atoms with van der Waals surface area (Å²) in [5.74, 6) is -1.20. The highest BCUT2D eigenvalue weighted by Gasteiger charge is 2.21. The third-order valence-corrected chi connectivity index (χ3v) is 3.28. The summed E-state index contributed by atoms with van der Waals surface area (Å²) in [6.45, 7) is 6.35. The molecule has 0 heterocycles. The van der Waals surface area contributed by atoms with Gasteiger partial charge in [0, 0.05) is 12.1 Å². The van der Waals surface area contributed by atoms with Crippen molar-refractivity contribution < 1.29 is 19.0 Å². The van der Waals surface area contributed by atoms with Crippen LogP contribution in [0.2, 0.25) is 0 Å². The van der Waals surface area contributed by atoms with E-state index >= 15 is 0 Å². The number of aliphatic carboxylic acids is 1. The van der Waals surface area contributed by atoms with Crippen molar-refractivity contribution in [3.05, 3.63) is 29.6 Å². The van der Waals surface area contributed by atoms with Gasteiger partial charge in [-0.05, 0) is 24.3 Å². The summed E-state index contributed by atoms with van der Waals surface area (Å²) in [4.78, 5) is 11.3. The van der Waals surface area contributed by atoms with Crippen LogP contribution < -0.4 is 10.1 Å². The van der Waals surface area contributed by atoms with E-state index in [-0.39, 0.29) is 30.1 Å². The van der Waals surface area contributed by atoms with Crippen molar-refractivity contribution in [3.63, 3.8) is 0 Å². The van der Waals surface area contributed by atoms with Gasteiger partial charge >= 0.3 is 5.97 Å². The van der Waals surface area contributed by atoms with Crippen LogP contribution in [0, 0.1) is 11.2 Å². The molecule has 0 radical (unpaired) electrons. The second kappa shape index (κ2) is 8.96. The van der Waals surface area contributed by atoms with Gasteiger partial charge in [0.05, 0.1) is 7.11 Å². The van der Waals surface area contributed by atoms with E-state index in [9.17, 15) is 14.3 Å². The molecular formula is C16H25ClFNO3. The Bertz CT molecular complexity index is 489. The van der Waals surface area contributed by atoms with Crippen LogP contribution in [0.15, 0.2) is 18.2 Å². The van der Waals surface area contributed by atoms with Crippen LogP contribution in [-0.2, 0) is 11.3 Å². The maximum atomic E-state index is 14.0. The molecule has 0 saturated heterocycles. The molecule has 0 aliphatic heterocycles. The Morgan fingerprint density at radius 1 is 1.41 bits per heavy atom. The molecule has 0 spiro atoms. The van der Waals surface area contributed by atoms with Crippen LogP contribution in [0.4, 0.5) is 4.39 Å². The minimum absolute atomic E-state index is 0. The molecule has 0 amide bonds. The second-order valence-corrected chi connectivity index (χ2v) is 6.30. The number of carbonyl (C=O) groups is 1. The van der Waals surface area contributed by atoms with Crippen molar-refractivity contribution in [1.82, 2.24) is 5.32 Å². The zero-order valence-corrected chi connectivity index (χ0v) is 14.3. The van der Waals surface area contributed by atoms with E-state index in [1.807, 2.05) is 0 Å². The minimum atomic E-state index is -0.914. The van der Waals surface area contributed by atoms with Crippen molar-refractivity contribution in [2.75, 3.05) is 7.11 Å². The minimum Gasteiger partial charge on any atom is -0.494 e. The molecule has 0 aromatic heterocycles. The molecule has 2 N–H and O–H groups in total. The van der Waals surface area contributed by atoms with E-state index < -0.39 is 17.8 Å². The highest BCUT2D eigenvalue weighted by Crippen LogP contribution is 2.23. The van der Waals surface area contributed by atoms with Gasteiger partial charge in [0.1, 0.15) is 6.04 Å². The number of hydrogen-bond donors (Lipinski definition) is 2. The van der Waals surface area contributed by atoms with E-state index in [2.05, 4.69) is 26.1 Å². The van der Waals surface area contributed by atoms with Gasteiger partial charge in [-0.2, -0.15) is 0 Å². The summed E-state index contributed by atoms with van der Waals surface area (Å²) in [6.07, 6.45) is 1.28. The monoisotopic (exact) mass is 333 g/mol. The van der Waals surface area contributed by atoms with Gasteiger partial charge in [0.2, 0.25) is 0 Å². The molecule has 6 heteroatoms. The zero-order chi connectivity index (χ0) is 16.0. The van der Waals surface area contributed by atoms with E-state index in [0.717, 1.165) is 6.42 Å². The van der Waals surface area contributed by atoms with Crippen molar-refractivity contribution in [1.29, 1.82) is 0 Å². The number of hydrogen-bond acceptors (Lipinski definition) is 3. The quantitative estimate of drug-likeness (QED) is 0.800. The van der Waals surface area contributed by atoms with Crippen LogP contribution in [0.1, 0.15) is 39.2 Å². The smallest absolute Gasteiger partial charge is 0.320 e. The molecule has 22 heavy (non-hydrogen) atoms. The van der Waals surface area contributed by atoms with E-state index in [4.69, 9.17) is 4.74 Å². The fourth-order valence-electron chi connectivity index (χ4n) is 1.97. The average Bonchev–Trinajstić information content (AvgIpc) is 2.38. The van der Waals surface area contributed by atoms with Gasteiger partial charge in [0.25, 0.3) is 0 Å². The maximum absolute atomic E-state index is 14.0. The first kappa shape index (κ1) is 20.7. The van der Waals surface area contributed by atoms with Crippen LogP contribution >= 0.6 is 12.4 Å². The lowest BCUT2D eigenvalue weighted by Crippen LogP contribution is -2.37. The number of ether oxygens (including phenoxy) is 1. The standard InChI is InChI=1S/C16H24FNO3.ClH/c1-16(2,3)9-8-12(15(19)20)18-10-11-6-5-7-13(21-4)14(11)17;/h5-7,12,18H,8-10H2,1-4H3,(H,19,20);1H. The Morgan fingerprint density at radius 3 is 2.55 bits per heavy atom. The summed E-state index contributed by atoms with van der Waals surface area (Å²) < 4.78 is 18.9. The number of halogens is 2. The molecule has 1 atom stereocenters. The van der Waals surface area contributed by atoms with Gasteiger partial charge < -0.3 is 15.2 Å². The lowest BCUT2D eigenvalue weighted by Gasteiger charge is -2.21.